The minimum absolute atomic E-state index is 0.0118. The molecule has 1 saturated heterocycles. The average Bonchev–Trinajstić information content (AvgIpc) is 2.37. The highest BCUT2D eigenvalue weighted by Crippen LogP contribution is 2.18. The van der Waals surface area contributed by atoms with Crippen molar-refractivity contribution in [3.63, 3.8) is 0 Å². The fourth-order valence-corrected chi connectivity index (χ4v) is 4.17. The maximum atomic E-state index is 12.3. The van der Waals surface area contributed by atoms with Gasteiger partial charge in [0.15, 0.2) is 0 Å². The minimum Gasteiger partial charge on any atom is -0.378 e. The van der Waals surface area contributed by atoms with Crippen molar-refractivity contribution < 1.29 is 21.6 Å². The summed E-state index contributed by atoms with van der Waals surface area (Å²) in [5.41, 5.74) is 0. The maximum Gasteiger partial charge on any atom is 0.240 e. The molecule has 0 bridgehead atoms. The van der Waals surface area contributed by atoms with Crippen molar-refractivity contribution in [3.05, 3.63) is 24.3 Å². The summed E-state index contributed by atoms with van der Waals surface area (Å²) < 4.78 is 55.1. The first-order chi connectivity index (χ1) is 9.68. The molecule has 2 rings (SSSR count). The summed E-state index contributed by atoms with van der Waals surface area (Å²) in [7, 11) is -7.73. The number of nitrogens with one attached hydrogen (secondary N) is 1. The molecule has 21 heavy (non-hydrogen) atoms. The first kappa shape index (κ1) is 16.4. The number of nitrogens with two attached hydrogens (primary N) is 1. The van der Waals surface area contributed by atoms with Crippen LogP contribution in [0.25, 0.3) is 0 Å². The third-order valence-electron chi connectivity index (χ3n) is 3.25. The van der Waals surface area contributed by atoms with Crippen LogP contribution in [0.5, 0.6) is 0 Å². The van der Waals surface area contributed by atoms with Crippen LogP contribution in [0.2, 0.25) is 0 Å². The molecule has 0 amide bonds. The van der Waals surface area contributed by atoms with Crippen LogP contribution in [-0.4, -0.2) is 35.6 Å². The van der Waals surface area contributed by atoms with Crippen molar-refractivity contribution in [2.75, 3.05) is 6.61 Å². The van der Waals surface area contributed by atoms with Gasteiger partial charge in [-0.2, -0.15) is 0 Å². The highest BCUT2D eigenvalue weighted by Gasteiger charge is 2.25. The molecule has 2 unspecified atom stereocenters. The normalized spacial score (nSPS) is 23.9. The molecule has 1 aromatic carbocycles. The van der Waals surface area contributed by atoms with E-state index in [4.69, 9.17) is 9.88 Å². The van der Waals surface area contributed by atoms with Gasteiger partial charge in [0.25, 0.3) is 0 Å². The zero-order chi connectivity index (χ0) is 15.7. The smallest absolute Gasteiger partial charge is 0.240 e. The summed E-state index contributed by atoms with van der Waals surface area (Å²) in [6.45, 7) is 2.37. The standard InChI is InChI=1S/C12H18N2O5S2/c1-9-7-10(5-6-19-9)14-21(17,18)12-4-2-3-11(8-12)20(13,15)16/h2-4,8-10,14H,5-7H2,1H3,(H2,13,15,16). The van der Waals surface area contributed by atoms with Crippen LogP contribution >= 0.6 is 0 Å². The second kappa shape index (κ2) is 6.01. The molecule has 9 heteroatoms. The van der Waals surface area contributed by atoms with Crippen molar-refractivity contribution in [1.82, 2.24) is 4.72 Å². The Labute approximate surface area is 124 Å². The Morgan fingerprint density at radius 3 is 2.52 bits per heavy atom. The lowest BCUT2D eigenvalue weighted by Gasteiger charge is -2.27. The Bertz CT molecular complexity index is 715. The Morgan fingerprint density at radius 2 is 1.90 bits per heavy atom. The minimum atomic E-state index is -3.94. The Balaban J connectivity index is 2.23. The highest BCUT2D eigenvalue weighted by atomic mass is 32.2. The molecule has 0 saturated carbocycles. The fourth-order valence-electron chi connectivity index (χ4n) is 2.21. The van der Waals surface area contributed by atoms with Gasteiger partial charge < -0.3 is 4.74 Å². The summed E-state index contributed by atoms with van der Waals surface area (Å²) in [4.78, 5) is -0.348. The average molecular weight is 334 g/mol. The van der Waals surface area contributed by atoms with E-state index in [9.17, 15) is 16.8 Å². The number of hydrogen-bond acceptors (Lipinski definition) is 5. The lowest BCUT2D eigenvalue weighted by molar-refractivity contribution is 0.0173. The van der Waals surface area contributed by atoms with E-state index in [1.54, 1.807) is 0 Å². The third kappa shape index (κ3) is 4.24. The van der Waals surface area contributed by atoms with Crippen LogP contribution in [0.3, 0.4) is 0 Å². The molecule has 1 aromatic rings. The second-order valence-electron chi connectivity index (χ2n) is 5.04. The number of rotatable bonds is 4. The number of sulfonamides is 2. The van der Waals surface area contributed by atoms with Crippen molar-refractivity contribution in [3.8, 4) is 0 Å². The van der Waals surface area contributed by atoms with E-state index < -0.39 is 20.0 Å². The third-order valence-corrected chi connectivity index (χ3v) is 5.68. The Hall–Kier alpha value is -1.00. The van der Waals surface area contributed by atoms with Crippen LogP contribution < -0.4 is 9.86 Å². The van der Waals surface area contributed by atoms with Crippen LogP contribution in [-0.2, 0) is 24.8 Å². The van der Waals surface area contributed by atoms with Gasteiger partial charge in [0.05, 0.1) is 15.9 Å². The molecule has 3 N–H and O–H groups in total. The summed E-state index contributed by atoms with van der Waals surface area (Å²) in [5.74, 6) is 0. The van der Waals surface area contributed by atoms with E-state index in [1.807, 2.05) is 6.92 Å². The van der Waals surface area contributed by atoms with Crippen LogP contribution in [0.15, 0.2) is 34.1 Å². The van der Waals surface area contributed by atoms with E-state index in [1.165, 1.54) is 18.2 Å². The largest absolute Gasteiger partial charge is 0.378 e. The molecular formula is C12H18N2O5S2. The van der Waals surface area contributed by atoms with Crippen LogP contribution in [0, 0.1) is 0 Å². The molecular weight excluding hydrogens is 316 g/mol. The van der Waals surface area contributed by atoms with E-state index in [0.717, 1.165) is 6.07 Å². The van der Waals surface area contributed by atoms with Crippen molar-refractivity contribution in [2.45, 2.75) is 41.7 Å². The van der Waals surface area contributed by atoms with E-state index in [-0.39, 0.29) is 21.9 Å². The summed E-state index contributed by atoms with van der Waals surface area (Å²) in [6.07, 6.45) is 1.15. The van der Waals surface area contributed by atoms with Gasteiger partial charge in [0.1, 0.15) is 0 Å². The van der Waals surface area contributed by atoms with Gasteiger partial charge in [-0.05, 0) is 38.0 Å². The van der Waals surface area contributed by atoms with Gasteiger partial charge in [-0.15, -0.1) is 0 Å². The van der Waals surface area contributed by atoms with E-state index >= 15 is 0 Å². The SMILES string of the molecule is CC1CC(NS(=O)(=O)c2cccc(S(N)(=O)=O)c2)CCO1. The Morgan fingerprint density at radius 1 is 1.24 bits per heavy atom. The molecule has 0 aliphatic carbocycles. The lowest BCUT2D eigenvalue weighted by atomic mass is 10.1. The molecule has 0 spiro atoms. The van der Waals surface area contributed by atoms with Gasteiger partial charge in [0.2, 0.25) is 20.0 Å². The quantitative estimate of drug-likeness (QED) is 0.815. The number of benzene rings is 1. The molecule has 1 heterocycles. The van der Waals surface area contributed by atoms with Crippen LogP contribution in [0.4, 0.5) is 0 Å². The zero-order valence-corrected chi connectivity index (χ0v) is 13.2. The highest BCUT2D eigenvalue weighted by molar-refractivity contribution is 7.90. The van der Waals surface area contributed by atoms with Gasteiger partial charge in [-0.25, -0.2) is 26.7 Å². The molecule has 2 atom stereocenters. The first-order valence-corrected chi connectivity index (χ1v) is 9.48. The number of primary sulfonamides is 1. The van der Waals surface area contributed by atoms with Gasteiger partial charge in [-0.3, -0.25) is 0 Å². The fraction of sp³-hybridized carbons (Fsp3) is 0.500. The second-order valence-corrected chi connectivity index (χ2v) is 8.32. The summed E-state index contributed by atoms with van der Waals surface area (Å²) >= 11 is 0. The number of hydrogen-bond donors (Lipinski definition) is 2. The van der Waals surface area contributed by atoms with Gasteiger partial charge in [-0.1, -0.05) is 6.07 Å². The lowest BCUT2D eigenvalue weighted by Crippen LogP contribution is -2.41. The van der Waals surface area contributed by atoms with Crippen molar-refractivity contribution in [2.24, 2.45) is 5.14 Å². The molecule has 1 aliphatic rings. The van der Waals surface area contributed by atoms with Crippen LogP contribution in [0.1, 0.15) is 19.8 Å². The monoisotopic (exact) mass is 334 g/mol. The van der Waals surface area contributed by atoms with Gasteiger partial charge >= 0.3 is 0 Å². The molecule has 1 fully saturated rings. The predicted molar refractivity (Wildman–Crippen MR) is 76.6 cm³/mol. The van der Waals surface area contributed by atoms with Crippen molar-refractivity contribution >= 4 is 20.0 Å². The summed E-state index contributed by atoms with van der Waals surface area (Å²) in [5, 5.41) is 5.01. The zero-order valence-electron chi connectivity index (χ0n) is 11.5. The van der Waals surface area contributed by atoms with E-state index in [2.05, 4.69) is 4.72 Å². The molecule has 7 nitrogen and oxygen atoms in total. The maximum absolute atomic E-state index is 12.3. The molecule has 0 radical (unpaired) electrons. The predicted octanol–water partition coefficient (Wildman–Crippen LogP) is 0.180. The molecule has 0 aromatic heterocycles. The van der Waals surface area contributed by atoms with E-state index in [0.29, 0.717) is 19.4 Å². The van der Waals surface area contributed by atoms with Gasteiger partial charge in [0, 0.05) is 12.6 Å². The Kier molecular flexibility index (Phi) is 4.69. The molecule has 118 valence electrons. The first-order valence-electron chi connectivity index (χ1n) is 6.45. The summed E-state index contributed by atoms with van der Waals surface area (Å²) in [6, 6.07) is 4.77. The number of ether oxygens (including phenoxy) is 1. The molecule has 1 aliphatic heterocycles. The topological polar surface area (TPSA) is 116 Å². The van der Waals surface area contributed by atoms with Crippen molar-refractivity contribution in [1.29, 1.82) is 0 Å².